The van der Waals surface area contributed by atoms with Crippen molar-refractivity contribution in [2.75, 3.05) is 43.0 Å². The molecule has 1 unspecified atom stereocenters. The van der Waals surface area contributed by atoms with Crippen LogP contribution in [-0.2, 0) is 0 Å². The summed E-state index contributed by atoms with van der Waals surface area (Å²) in [6.45, 7) is 2.38. The number of likely N-dealkylation sites (tertiary alicyclic amines) is 1. The van der Waals surface area contributed by atoms with Gasteiger partial charge in [-0.1, -0.05) is 0 Å². The van der Waals surface area contributed by atoms with Gasteiger partial charge in [-0.05, 0) is 43.7 Å². The van der Waals surface area contributed by atoms with Crippen molar-refractivity contribution in [2.24, 2.45) is 5.92 Å². The van der Waals surface area contributed by atoms with E-state index in [1.165, 1.54) is 12.1 Å². The third kappa shape index (κ3) is 3.61. The summed E-state index contributed by atoms with van der Waals surface area (Å²) in [6, 6.07) is 1.95. The van der Waals surface area contributed by atoms with Crippen LogP contribution in [0.25, 0.3) is 0 Å². The maximum Gasteiger partial charge on any atom is 0.321 e. The zero-order valence-corrected chi connectivity index (χ0v) is 13.6. The number of hydrogen-bond acceptors (Lipinski definition) is 3. The molecule has 0 aromatic heterocycles. The number of benzene rings is 1. The highest BCUT2D eigenvalue weighted by Gasteiger charge is 2.25. The molecule has 0 saturated carbocycles. The Kier molecular flexibility index (Phi) is 5.18. The summed E-state index contributed by atoms with van der Waals surface area (Å²) >= 11 is 0. The lowest BCUT2D eigenvalue weighted by atomic mass is 9.99. The lowest BCUT2D eigenvalue weighted by Crippen LogP contribution is -2.43. The number of piperidine rings is 1. The van der Waals surface area contributed by atoms with Crippen LogP contribution in [0.3, 0.4) is 0 Å². The van der Waals surface area contributed by atoms with Crippen molar-refractivity contribution < 1.29 is 18.7 Å². The summed E-state index contributed by atoms with van der Waals surface area (Å²) in [5.41, 5.74) is 0.105. The molecule has 24 heavy (non-hydrogen) atoms. The summed E-state index contributed by atoms with van der Waals surface area (Å²) in [4.78, 5) is 15.5. The van der Waals surface area contributed by atoms with Crippen LogP contribution >= 0.6 is 0 Å². The van der Waals surface area contributed by atoms with Crippen molar-refractivity contribution in [3.8, 4) is 0 Å². The van der Waals surface area contributed by atoms with Crippen LogP contribution in [0.2, 0.25) is 0 Å². The molecular formula is C17H23F2N3O2. The fourth-order valence-corrected chi connectivity index (χ4v) is 3.48. The molecule has 2 fully saturated rings. The minimum absolute atomic E-state index is 0.0104. The molecule has 2 aliphatic heterocycles. The molecule has 2 N–H and O–H groups in total. The molecule has 0 aliphatic carbocycles. The van der Waals surface area contributed by atoms with E-state index in [0.29, 0.717) is 26.2 Å². The van der Waals surface area contributed by atoms with Gasteiger partial charge in [-0.3, -0.25) is 0 Å². The molecule has 0 spiro atoms. The molecule has 5 nitrogen and oxygen atoms in total. The first kappa shape index (κ1) is 17.0. The Labute approximate surface area is 140 Å². The quantitative estimate of drug-likeness (QED) is 0.890. The maximum absolute atomic E-state index is 14.3. The zero-order valence-electron chi connectivity index (χ0n) is 13.6. The fraction of sp³-hybridized carbons (Fsp3) is 0.588. The van der Waals surface area contributed by atoms with Crippen molar-refractivity contribution in [2.45, 2.75) is 25.7 Å². The second-order valence-corrected chi connectivity index (χ2v) is 6.55. The van der Waals surface area contributed by atoms with E-state index >= 15 is 0 Å². The normalized spacial score (nSPS) is 21.2. The standard InChI is InChI=1S/C17H23F2N3O2/c18-14-8-13(9-15(19)16(14)21-5-1-2-6-21)20-17(24)22-7-3-4-12(10-22)11-23/h8-9,12,23H,1-7,10-11H2,(H,20,24). The third-order valence-corrected chi connectivity index (χ3v) is 4.75. The molecule has 3 rings (SSSR count). The van der Waals surface area contributed by atoms with Crippen molar-refractivity contribution >= 4 is 17.4 Å². The highest BCUT2D eigenvalue weighted by atomic mass is 19.1. The van der Waals surface area contributed by atoms with Gasteiger partial charge < -0.3 is 20.2 Å². The number of nitrogens with zero attached hydrogens (tertiary/aromatic N) is 2. The van der Waals surface area contributed by atoms with E-state index in [1.807, 2.05) is 0 Å². The number of aliphatic hydroxyl groups excluding tert-OH is 1. The number of halogens is 2. The molecule has 0 radical (unpaired) electrons. The Balaban J connectivity index is 1.70. The van der Waals surface area contributed by atoms with Crippen LogP contribution in [-0.4, -0.2) is 48.8 Å². The fourth-order valence-electron chi connectivity index (χ4n) is 3.48. The first-order chi connectivity index (χ1) is 11.6. The number of urea groups is 1. The van der Waals surface area contributed by atoms with E-state index < -0.39 is 11.6 Å². The summed E-state index contributed by atoms with van der Waals surface area (Å²) in [5, 5.41) is 11.8. The van der Waals surface area contributed by atoms with Gasteiger partial charge in [-0.15, -0.1) is 0 Å². The van der Waals surface area contributed by atoms with Crippen molar-refractivity contribution in [1.82, 2.24) is 4.90 Å². The van der Waals surface area contributed by atoms with Crippen LogP contribution in [0, 0.1) is 17.6 Å². The van der Waals surface area contributed by atoms with Gasteiger partial charge >= 0.3 is 6.03 Å². The third-order valence-electron chi connectivity index (χ3n) is 4.75. The zero-order chi connectivity index (χ0) is 17.1. The van der Waals surface area contributed by atoms with Crippen molar-refractivity contribution in [1.29, 1.82) is 0 Å². The Morgan fingerprint density at radius 1 is 1.17 bits per heavy atom. The summed E-state index contributed by atoms with van der Waals surface area (Å²) in [5.74, 6) is -1.24. The van der Waals surface area contributed by atoms with Gasteiger partial charge in [0.05, 0.1) is 0 Å². The molecule has 2 heterocycles. The molecule has 2 amide bonds. The molecule has 1 atom stereocenters. The largest absolute Gasteiger partial charge is 0.396 e. The summed E-state index contributed by atoms with van der Waals surface area (Å²) < 4.78 is 28.6. The predicted molar refractivity (Wildman–Crippen MR) is 88.2 cm³/mol. The number of anilines is 2. The molecule has 7 heteroatoms. The highest BCUT2D eigenvalue weighted by molar-refractivity contribution is 5.89. The summed E-state index contributed by atoms with van der Waals surface area (Å²) in [6.07, 6.45) is 3.56. The van der Waals surface area contributed by atoms with E-state index in [-0.39, 0.29) is 29.9 Å². The van der Waals surface area contributed by atoms with Gasteiger partial charge in [-0.2, -0.15) is 0 Å². The van der Waals surface area contributed by atoms with E-state index in [9.17, 15) is 18.7 Å². The van der Waals surface area contributed by atoms with E-state index in [2.05, 4.69) is 5.32 Å². The predicted octanol–water partition coefficient (Wildman–Crippen LogP) is 2.80. The minimum atomic E-state index is -0.654. The first-order valence-corrected chi connectivity index (χ1v) is 8.49. The number of hydrogen-bond donors (Lipinski definition) is 2. The number of carbonyl (C=O) groups excluding carboxylic acids is 1. The van der Waals surface area contributed by atoms with Gasteiger partial charge in [0.25, 0.3) is 0 Å². The number of nitrogens with one attached hydrogen (secondary N) is 1. The Bertz CT molecular complexity index is 582. The molecule has 0 bridgehead atoms. The second kappa shape index (κ2) is 7.34. The Morgan fingerprint density at radius 2 is 1.83 bits per heavy atom. The minimum Gasteiger partial charge on any atom is -0.396 e. The number of amides is 2. The van der Waals surface area contributed by atoms with Crippen LogP contribution in [0.5, 0.6) is 0 Å². The first-order valence-electron chi connectivity index (χ1n) is 8.49. The van der Waals surface area contributed by atoms with Gasteiger partial charge in [0.1, 0.15) is 5.69 Å². The van der Waals surface area contributed by atoms with Crippen LogP contribution in [0.15, 0.2) is 12.1 Å². The number of aliphatic hydroxyl groups is 1. The average molecular weight is 339 g/mol. The van der Waals surface area contributed by atoms with Crippen LogP contribution < -0.4 is 10.2 Å². The van der Waals surface area contributed by atoms with Crippen molar-refractivity contribution in [3.63, 3.8) is 0 Å². The van der Waals surface area contributed by atoms with Crippen molar-refractivity contribution in [3.05, 3.63) is 23.8 Å². The summed E-state index contributed by atoms with van der Waals surface area (Å²) in [7, 11) is 0. The molecular weight excluding hydrogens is 316 g/mol. The van der Waals surface area contributed by atoms with Gasteiger partial charge in [0.15, 0.2) is 11.6 Å². The van der Waals surface area contributed by atoms with E-state index in [4.69, 9.17) is 0 Å². The highest BCUT2D eigenvalue weighted by Crippen LogP contribution is 2.30. The molecule has 1 aromatic rings. The van der Waals surface area contributed by atoms with E-state index in [0.717, 1.165) is 25.7 Å². The number of rotatable bonds is 3. The Morgan fingerprint density at radius 3 is 2.46 bits per heavy atom. The molecule has 1 aromatic carbocycles. The monoisotopic (exact) mass is 339 g/mol. The number of carbonyl (C=O) groups is 1. The van der Waals surface area contributed by atoms with Crippen LogP contribution in [0.4, 0.5) is 25.0 Å². The molecule has 132 valence electrons. The molecule has 2 aliphatic rings. The lowest BCUT2D eigenvalue weighted by molar-refractivity contribution is 0.136. The molecule has 2 saturated heterocycles. The van der Waals surface area contributed by atoms with E-state index in [1.54, 1.807) is 9.80 Å². The van der Waals surface area contributed by atoms with Crippen LogP contribution in [0.1, 0.15) is 25.7 Å². The topological polar surface area (TPSA) is 55.8 Å². The van der Waals surface area contributed by atoms with Gasteiger partial charge in [0, 0.05) is 38.5 Å². The SMILES string of the molecule is O=C(Nc1cc(F)c(N2CCCC2)c(F)c1)N1CCCC(CO)C1. The van der Waals surface area contributed by atoms with Gasteiger partial charge in [-0.25, -0.2) is 13.6 Å². The average Bonchev–Trinajstić information content (AvgIpc) is 3.08. The smallest absolute Gasteiger partial charge is 0.321 e. The maximum atomic E-state index is 14.3. The Hall–Kier alpha value is -1.89. The lowest BCUT2D eigenvalue weighted by Gasteiger charge is -2.31. The van der Waals surface area contributed by atoms with Gasteiger partial charge in [0.2, 0.25) is 0 Å². The second-order valence-electron chi connectivity index (χ2n) is 6.55.